The maximum atomic E-state index is 12.4. The molecule has 0 saturated carbocycles. The molecule has 5 heteroatoms. The number of hydrogen-bond donors (Lipinski definition) is 1. The van der Waals surface area contributed by atoms with Gasteiger partial charge in [0.15, 0.2) is 11.5 Å². The van der Waals surface area contributed by atoms with Gasteiger partial charge in [-0.1, -0.05) is 12.1 Å². The van der Waals surface area contributed by atoms with Crippen molar-refractivity contribution in [2.24, 2.45) is 0 Å². The number of rotatable bonds is 7. The summed E-state index contributed by atoms with van der Waals surface area (Å²) < 4.78 is 16.0. The molecule has 138 valence electrons. The smallest absolute Gasteiger partial charge is 0.220 e. The normalized spacial score (nSPS) is 15.3. The van der Waals surface area contributed by atoms with Gasteiger partial charge in [-0.25, -0.2) is 0 Å². The van der Waals surface area contributed by atoms with Crippen molar-refractivity contribution in [2.75, 3.05) is 21.3 Å². The Morgan fingerprint density at radius 3 is 2.58 bits per heavy atom. The van der Waals surface area contributed by atoms with E-state index in [0.717, 1.165) is 35.5 Å². The lowest BCUT2D eigenvalue weighted by Gasteiger charge is -2.16. The molecule has 0 aromatic heterocycles. The third-order valence-corrected chi connectivity index (χ3v) is 4.83. The molecule has 5 nitrogen and oxygen atoms in total. The first-order valence-electron chi connectivity index (χ1n) is 8.81. The highest BCUT2D eigenvalue weighted by Crippen LogP contribution is 2.39. The van der Waals surface area contributed by atoms with E-state index < -0.39 is 0 Å². The number of amides is 1. The number of nitrogens with one attached hydrogen (secondary N) is 1. The van der Waals surface area contributed by atoms with Crippen molar-refractivity contribution in [2.45, 2.75) is 31.7 Å². The molecular formula is C21H25NO4. The Bertz CT molecular complexity index is 788. The van der Waals surface area contributed by atoms with Crippen LogP contribution in [-0.2, 0) is 17.6 Å². The molecule has 2 aromatic carbocycles. The predicted octanol–water partition coefficient (Wildman–Crippen LogP) is 3.45. The Kier molecular flexibility index (Phi) is 5.66. The van der Waals surface area contributed by atoms with Gasteiger partial charge in [0.05, 0.1) is 27.4 Å². The quantitative estimate of drug-likeness (QED) is 0.826. The molecule has 1 amide bonds. The van der Waals surface area contributed by atoms with Gasteiger partial charge < -0.3 is 19.5 Å². The summed E-state index contributed by atoms with van der Waals surface area (Å²) in [6.07, 6.45) is 2.97. The number of ether oxygens (including phenoxy) is 3. The molecule has 0 fully saturated rings. The van der Waals surface area contributed by atoms with E-state index in [2.05, 4.69) is 5.32 Å². The fraction of sp³-hybridized carbons (Fsp3) is 0.381. The fourth-order valence-corrected chi connectivity index (χ4v) is 3.44. The van der Waals surface area contributed by atoms with Crippen LogP contribution in [0.4, 0.5) is 0 Å². The molecule has 1 aliphatic carbocycles. The molecule has 0 heterocycles. The number of methoxy groups -OCH3 is 3. The highest BCUT2D eigenvalue weighted by molar-refractivity contribution is 5.77. The van der Waals surface area contributed by atoms with Gasteiger partial charge in [-0.2, -0.15) is 0 Å². The van der Waals surface area contributed by atoms with Crippen LogP contribution in [0.1, 0.15) is 35.6 Å². The lowest BCUT2D eigenvalue weighted by molar-refractivity contribution is -0.121. The zero-order valence-corrected chi connectivity index (χ0v) is 15.5. The highest BCUT2D eigenvalue weighted by Gasteiger charge is 2.26. The molecule has 1 aliphatic rings. The van der Waals surface area contributed by atoms with Crippen LogP contribution in [-0.4, -0.2) is 27.2 Å². The summed E-state index contributed by atoms with van der Waals surface area (Å²) in [7, 11) is 4.91. The first-order valence-corrected chi connectivity index (χ1v) is 8.81. The fourth-order valence-electron chi connectivity index (χ4n) is 3.44. The number of carbonyl (C=O) groups is 1. The van der Waals surface area contributed by atoms with Gasteiger partial charge in [0, 0.05) is 6.42 Å². The summed E-state index contributed by atoms with van der Waals surface area (Å²) in [5, 5.41) is 3.16. The Labute approximate surface area is 154 Å². The zero-order valence-electron chi connectivity index (χ0n) is 15.5. The van der Waals surface area contributed by atoms with E-state index in [1.165, 1.54) is 5.56 Å². The van der Waals surface area contributed by atoms with Crippen LogP contribution in [0.5, 0.6) is 17.2 Å². The van der Waals surface area contributed by atoms with Crippen molar-refractivity contribution in [3.8, 4) is 17.2 Å². The zero-order chi connectivity index (χ0) is 18.5. The van der Waals surface area contributed by atoms with Gasteiger partial charge in [-0.3, -0.25) is 4.79 Å². The Morgan fingerprint density at radius 1 is 1.08 bits per heavy atom. The minimum Gasteiger partial charge on any atom is -0.497 e. The average Bonchev–Trinajstić information content (AvgIpc) is 3.06. The second-order valence-electron chi connectivity index (χ2n) is 6.42. The van der Waals surface area contributed by atoms with Crippen molar-refractivity contribution in [3.05, 3.63) is 53.1 Å². The second-order valence-corrected chi connectivity index (χ2v) is 6.42. The van der Waals surface area contributed by atoms with Crippen molar-refractivity contribution in [3.63, 3.8) is 0 Å². The third kappa shape index (κ3) is 3.93. The average molecular weight is 355 g/mol. The summed E-state index contributed by atoms with van der Waals surface area (Å²) in [4.78, 5) is 12.4. The lowest BCUT2D eigenvalue weighted by Crippen LogP contribution is -2.27. The SMILES string of the molecule is COc1cccc(CCC(=O)NC2CCc3cc(OC)c(OC)cc32)c1. The van der Waals surface area contributed by atoms with Crippen LogP contribution in [0.15, 0.2) is 36.4 Å². The van der Waals surface area contributed by atoms with E-state index in [9.17, 15) is 4.79 Å². The van der Waals surface area contributed by atoms with Gasteiger partial charge in [0.2, 0.25) is 5.91 Å². The molecule has 1 N–H and O–H groups in total. The summed E-state index contributed by atoms with van der Waals surface area (Å²) in [6, 6.07) is 11.8. The number of carbonyl (C=O) groups excluding carboxylic acids is 1. The van der Waals surface area contributed by atoms with Gasteiger partial charge in [0.25, 0.3) is 0 Å². The van der Waals surface area contributed by atoms with E-state index in [1.807, 2.05) is 36.4 Å². The van der Waals surface area contributed by atoms with Gasteiger partial charge in [-0.15, -0.1) is 0 Å². The van der Waals surface area contributed by atoms with Crippen molar-refractivity contribution >= 4 is 5.91 Å². The predicted molar refractivity (Wildman–Crippen MR) is 100 cm³/mol. The van der Waals surface area contributed by atoms with E-state index in [-0.39, 0.29) is 11.9 Å². The number of fused-ring (bicyclic) bond motifs is 1. The topological polar surface area (TPSA) is 56.8 Å². The van der Waals surface area contributed by atoms with E-state index in [1.54, 1.807) is 21.3 Å². The van der Waals surface area contributed by atoms with Crippen molar-refractivity contribution < 1.29 is 19.0 Å². The number of benzene rings is 2. The first kappa shape index (κ1) is 18.1. The third-order valence-electron chi connectivity index (χ3n) is 4.83. The molecule has 3 rings (SSSR count). The number of aryl methyl sites for hydroxylation is 2. The van der Waals surface area contributed by atoms with Crippen LogP contribution >= 0.6 is 0 Å². The minimum absolute atomic E-state index is 0.0302. The standard InChI is InChI=1S/C21H25NO4/c1-24-16-6-4-5-14(11-16)7-10-21(23)22-18-9-8-15-12-19(25-2)20(26-3)13-17(15)18/h4-6,11-13,18H,7-10H2,1-3H3,(H,22,23). The van der Waals surface area contributed by atoms with Crippen LogP contribution in [0.2, 0.25) is 0 Å². The molecule has 0 aliphatic heterocycles. The maximum Gasteiger partial charge on any atom is 0.220 e. The Hall–Kier alpha value is -2.69. The molecule has 2 aromatic rings. The minimum atomic E-state index is 0.0302. The molecular weight excluding hydrogens is 330 g/mol. The summed E-state index contributed by atoms with van der Waals surface area (Å²) in [5.41, 5.74) is 3.43. The Balaban J connectivity index is 1.63. The molecule has 26 heavy (non-hydrogen) atoms. The maximum absolute atomic E-state index is 12.4. The summed E-state index contributed by atoms with van der Waals surface area (Å²) >= 11 is 0. The monoisotopic (exact) mass is 355 g/mol. The summed E-state index contributed by atoms with van der Waals surface area (Å²) in [5.74, 6) is 2.30. The van der Waals surface area contributed by atoms with Crippen LogP contribution in [0, 0.1) is 0 Å². The molecule has 0 spiro atoms. The lowest BCUT2D eigenvalue weighted by atomic mass is 10.1. The molecule has 0 bridgehead atoms. The van der Waals surface area contributed by atoms with E-state index in [0.29, 0.717) is 18.6 Å². The van der Waals surface area contributed by atoms with Gasteiger partial charge in [-0.05, 0) is 60.2 Å². The summed E-state index contributed by atoms with van der Waals surface area (Å²) in [6.45, 7) is 0. The van der Waals surface area contributed by atoms with Crippen molar-refractivity contribution in [1.29, 1.82) is 0 Å². The molecule has 1 unspecified atom stereocenters. The number of hydrogen-bond acceptors (Lipinski definition) is 4. The van der Waals surface area contributed by atoms with Crippen LogP contribution in [0.3, 0.4) is 0 Å². The highest BCUT2D eigenvalue weighted by atomic mass is 16.5. The van der Waals surface area contributed by atoms with Gasteiger partial charge in [0.1, 0.15) is 5.75 Å². The van der Waals surface area contributed by atoms with Crippen LogP contribution in [0.25, 0.3) is 0 Å². The van der Waals surface area contributed by atoms with E-state index >= 15 is 0 Å². The largest absolute Gasteiger partial charge is 0.497 e. The van der Waals surface area contributed by atoms with E-state index in [4.69, 9.17) is 14.2 Å². The molecule has 0 saturated heterocycles. The molecule has 0 radical (unpaired) electrons. The molecule has 1 atom stereocenters. The van der Waals surface area contributed by atoms with Crippen molar-refractivity contribution in [1.82, 2.24) is 5.32 Å². The van der Waals surface area contributed by atoms with Gasteiger partial charge >= 0.3 is 0 Å². The Morgan fingerprint density at radius 2 is 1.85 bits per heavy atom. The first-order chi connectivity index (χ1) is 12.6. The second kappa shape index (κ2) is 8.13. The van der Waals surface area contributed by atoms with Crippen LogP contribution < -0.4 is 19.5 Å².